The number of hydrogen-bond acceptors (Lipinski definition) is 3. The Kier molecular flexibility index (Phi) is 5.99. The van der Waals surface area contributed by atoms with Crippen LogP contribution < -0.4 is 9.62 Å². The summed E-state index contributed by atoms with van der Waals surface area (Å²) in [6.07, 6.45) is 3.82. The van der Waals surface area contributed by atoms with Crippen molar-refractivity contribution >= 4 is 44.8 Å². The molecular formula is C19H20Cl2N2O3S. The molecule has 1 aliphatic rings. The van der Waals surface area contributed by atoms with E-state index in [1.54, 1.807) is 0 Å². The van der Waals surface area contributed by atoms with Crippen LogP contribution in [0.3, 0.4) is 0 Å². The maximum absolute atomic E-state index is 12.6. The lowest BCUT2D eigenvalue weighted by atomic mass is 9.88. The quantitative estimate of drug-likeness (QED) is 0.786. The number of rotatable bonds is 5. The van der Waals surface area contributed by atoms with Crippen molar-refractivity contribution in [3.63, 3.8) is 0 Å². The van der Waals surface area contributed by atoms with Gasteiger partial charge in [0.2, 0.25) is 15.9 Å². The van der Waals surface area contributed by atoms with Crippen molar-refractivity contribution in [1.82, 2.24) is 5.32 Å². The van der Waals surface area contributed by atoms with Gasteiger partial charge < -0.3 is 5.32 Å². The van der Waals surface area contributed by atoms with Crippen LogP contribution in [-0.2, 0) is 21.2 Å². The third kappa shape index (κ3) is 4.75. The largest absolute Gasteiger partial charge is 0.348 e. The van der Waals surface area contributed by atoms with Gasteiger partial charge in [0.1, 0.15) is 6.54 Å². The van der Waals surface area contributed by atoms with Gasteiger partial charge in [0.25, 0.3) is 0 Å². The van der Waals surface area contributed by atoms with E-state index < -0.39 is 10.0 Å². The van der Waals surface area contributed by atoms with Crippen LogP contribution in [0.4, 0.5) is 5.69 Å². The van der Waals surface area contributed by atoms with Gasteiger partial charge in [-0.3, -0.25) is 9.10 Å². The molecule has 0 bridgehead atoms. The number of anilines is 1. The van der Waals surface area contributed by atoms with Crippen molar-refractivity contribution in [3.8, 4) is 0 Å². The van der Waals surface area contributed by atoms with Crippen LogP contribution in [0.1, 0.15) is 30.0 Å². The highest BCUT2D eigenvalue weighted by molar-refractivity contribution is 7.92. The van der Waals surface area contributed by atoms with Crippen molar-refractivity contribution in [2.75, 3.05) is 17.1 Å². The van der Waals surface area contributed by atoms with Crippen LogP contribution in [0.15, 0.2) is 42.5 Å². The van der Waals surface area contributed by atoms with Gasteiger partial charge in [0, 0.05) is 5.02 Å². The molecule has 144 valence electrons. The van der Waals surface area contributed by atoms with Crippen molar-refractivity contribution in [2.24, 2.45) is 0 Å². The third-order valence-electron chi connectivity index (χ3n) is 4.57. The van der Waals surface area contributed by atoms with Crippen LogP contribution in [0.25, 0.3) is 0 Å². The highest BCUT2D eigenvalue weighted by atomic mass is 35.5. The topological polar surface area (TPSA) is 66.5 Å². The number of carbonyl (C=O) groups excluding carboxylic acids is 1. The molecule has 8 heteroatoms. The second-order valence-corrected chi connectivity index (χ2v) is 9.33. The first-order valence-corrected chi connectivity index (χ1v) is 11.2. The fourth-order valence-electron chi connectivity index (χ4n) is 3.34. The molecule has 1 N–H and O–H groups in total. The third-order valence-corrected chi connectivity index (χ3v) is 6.23. The molecule has 1 atom stereocenters. The van der Waals surface area contributed by atoms with Gasteiger partial charge in [-0.15, -0.1) is 0 Å². The zero-order valence-corrected chi connectivity index (χ0v) is 17.1. The lowest BCUT2D eigenvalue weighted by molar-refractivity contribution is -0.120. The Morgan fingerprint density at radius 1 is 1.22 bits per heavy atom. The van der Waals surface area contributed by atoms with E-state index in [0.717, 1.165) is 35.4 Å². The number of aryl methyl sites for hydroxylation is 1. The van der Waals surface area contributed by atoms with E-state index in [-0.39, 0.29) is 29.2 Å². The minimum absolute atomic E-state index is 0.121. The Bertz CT molecular complexity index is 963. The Labute approximate surface area is 169 Å². The molecule has 2 aromatic rings. The number of amides is 1. The summed E-state index contributed by atoms with van der Waals surface area (Å²) in [5.41, 5.74) is 2.53. The smallest absolute Gasteiger partial charge is 0.241 e. The fraction of sp³-hybridized carbons (Fsp3) is 0.316. The Morgan fingerprint density at radius 3 is 2.67 bits per heavy atom. The lowest BCUT2D eigenvalue weighted by Gasteiger charge is -2.28. The van der Waals surface area contributed by atoms with Crippen LogP contribution in [0.5, 0.6) is 0 Å². The Hall–Kier alpha value is -1.76. The molecule has 0 aliphatic heterocycles. The number of carbonyl (C=O) groups is 1. The standard InChI is InChI=1S/C19H20Cl2N2O3S/c1-27(25,26)23(18-10-9-14(20)11-16(18)21)12-19(24)22-17-8-4-6-13-5-2-3-7-15(13)17/h2-3,5,7,9-11,17H,4,6,8,12H2,1H3,(H,22,24). The van der Waals surface area contributed by atoms with Crippen molar-refractivity contribution in [3.05, 3.63) is 63.6 Å². The van der Waals surface area contributed by atoms with Crippen LogP contribution >= 0.6 is 23.2 Å². The molecule has 0 fully saturated rings. The van der Waals surface area contributed by atoms with E-state index in [9.17, 15) is 13.2 Å². The van der Waals surface area contributed by atoms with Gasteiger partial charge in [0.15, 0.2) is 0 Å². The van der Waals surface area contributed by atoms with E-state index in [2.05, 4.69) is 11.4 Å². The molecule has 0 heterocycles. The van der Waals surface area contributed by atoms with E-state index in [1.807, 2.05) is 18.2 Å². The van der Waals surface area contributed by atoms with E-state index in [0.29, 0.717) is 5.02 Å². The first-order chi connectivity index (χ1) is 12.8. The summed E-state index contributed by atoms with van der Waals surface area (Å²) >= 11 is 12.0. The molecular weight excluding hydrogens is 407 g/mol. The van der Waals surface area contributed by atoms with Gasteiger partial charge in [-0.05, 0) is 48.6 Å². The van der Waals surface area contributed by atoms with Gasteiger partial charge in [-0.25, -0.2) is 8.42 Å². The summed E-state index contributed by atoms with van der Waals surface area (Å²) in [6, 6.07) is 12.4. The highest BCUT2D eigenvalue weighted by Crippen LogP contribution is 2.31. The molecule has 0 aromatic heterocycles. The predicted octanol–water partition coefficient (Wildman–Crippen LogP) is 3.95. The summed E-state index contributed by atoms with van der Waals surface area (Å²) in [5, 5.41) is 3.52. The van der Waals surface area contributed by atoms with Crippen LogP contribution in [0, 0.1) is 0 Å². The first-order valence-electron chi connectivity index (χ1n) is 8.55. The van der Waals surface area contributed by atoms with Crippen LogP contribution in [-0.4, -0.2) is 27.1 Å². The molecule has 5 nitrogen and oxygen atoms in total. The molecule has 0 saturated heterocycles. The second kappa shape index (κ2) is 8.09. The monoisotopic (exact) mass is 426 g/mol. The lowest BCUT2D eigenvalue weighted by Crippen LogP contribution is -2.42. The molecule has 0 spiro atoms. The zero-order chi connectivity index (χ0) is 19.6. The molecule has 0 radical (unpaired) electrons. The zero-order valence-electron chi connectivity index (χ0n) is 14.8. The summed E-state index contributed by atoms with van der Waals surface area (Å²) in [4.78, 5) is 12.6. The minimum atomic E-state index is -3.70. The predicted molar refractivity (Wildman–Crippen MR) is 109 cm³/mol. The number of sulfonamides is 1. The van der Waals surface area contributed by atoms with Gasteiger partial charge in [0.05, 0.1) is 23.0 Å². The molecule has 3 rings (SSSR count). The molecule has 1 aliphatic carbocycles. The van der Waals surface area contributed by atoms with Gasteiger partial charge in [-0.2, -0.15) is 0 Å². The van der Waals surface area contributed by atoms with Crippen molar-refractivity contribution in [2.45, 2.75) is 25.3 Å². The molecule has 1 unspecified atom stereocenters. The number of nitrogens with one attached hydrogen (secondary N) is 1. The van der Waals surface area contributed by atoms with Crippen molar-refractivity contribution < 1.29 is 13.2 Å². The molecule has 1 amide bonds. The second-order valence-electron chi connectivity index (χ2n) is 6.58. The number of hydrogen-bond donors (Lipinski definition) is 1. The number of fused-ring (bicyclic) bond motifs is 1. The average molecular weight is 427 g/mol. The maximum atomic E-state index is 12.6. The number of nitrogens with zero attached hydrogens (tertiary/aromatic N) is 1. The average Bonchev–Trinajstić information content (AvgIpc) is 2.60. The van der Waals surface area contributed by atoms with Gasteiger partial charge in [-0.1, -0.05) is 47.5 Å². The normalized spacial score (nSPS) is 16.5. The molecule has 27 heavy (non-hydrogen) atoms. The summed E-state index contributed by atoms with van der Waals surface area (Å²) < 4.78 is 25.5. The Morgan fingerprint density at radius 2 is 1.96 bits per heavy atom. The maximum Gasteiger partial charge on any atom is 0.241 e. The van der Waals surface area contributed by atoms with Crippen LogP contribution in [0.2, 0.25) is 10.0 Å². The highest BCUT2D eigenvalue weighted by Gasteiger charge is 2.26. The fourth-order valence-corrected chi connectivity index (χ4v) is 4.77. The summed E-state index contributed by atoms with van der Waals surface area (Å²) in [7, 11) is -3.70. The van der Waals surface area contributed by atoms with Crippen molar-refractivity contribution in [1.29, 1.82) is 0 Å². The molecule has 2 aromatic carbocycles. The molecule has 0 saturated carbocycles. The first kappa shape index (κ1) is 20.0. The number of benzene rings is 2. The summed E-state index contributed by atoms with van der Waals surface area (Å²) in [5.74, 6) is -0.381. The summed E-state index contributed by atoms with van der Waals surface area (Å²) in [6.45, 7) is -0.348. The Balaban J connectivity index is 1.80. The minimum Gasteiger partial charge on any atom is -0.348 e. The number of halogens is 2. The van der Waals surface area contributed by atoms with E-state index >= 15 is 0 Å². The van der Waals surface area contributed by atoms with Gasteiger partial charge >= 0.3 is 0 Å². The van der Waals surface area contributed by atoms with E-state index in [1.165, 1.54) is 23.8 Å². The SMILES string of the molecule is CS(=O)(=O)N(CC(=O)NC1CCCc2ccccc21)c1ccc(Cl)cc1Cl. The van der Waals surface area contributed by atoms with E-state index in [4.69, 9.17) is 23.2 Å².